The number of hydrogen-bond acceptors (Lipinski definition) is 10. The quantitative estimate of drug-likeness (QED) is 0.198. The summed E-state index contributed by atoms with van der Waals surface area (Å²) >= 11 is -0.856. The number of carbonyl (C=O) groups excluding carboxylic acids is 1. The second-order valence-corrected chi connectivity index (χ2v) is 7.77. The highest BCUT2D eigenvalue weighted by atomic mass is 32.2. The van der Waals surface area contributed by atoms with Gasteiger partial charge >= 0.3 is 11.2 Å². The van der Waals surface area contributed by atoms with E-state index < -0.39 is 62.5 Å². The van der Waals surface area contributed by atoms with Gasteiger partial charge in [-0.2, -0.15) is 21.5 Å². The van der Waals surface area contributed by atoms with Crippen molar-refractivity contribution in [2.24, 2.45) is 0 Å². The van der Waals surface area contributed by atoms with Gasteiger partial charge in [0.15, 0.2) is 5.25 Å². The highest BCUT2D eigenvalue weighted by Gasteiger charge is 2.73. The fraction of sp³-hybridized carbons (Fsp3) is 0.889. The minimum absolute atomic E-state index is 0.0875. The van der Waals surface area contributed by atoms with Crippen LogP contribution in [0.3, 0.4) is 0 Å². The van der Waals surface area contributed by atoms with Crippen molar-refractivity contribution in [1.82, 2.24) is 0 Å². The minimum Gasteiger partial charge on any atom is -0.691 e. The number of alkyl halides is 2. The zero-order valence-electron chi connectivity index (χ0n) is 10.8. The van der Waals surface area contributed by atoms with E-state index in [0.717, 1.165) is 0 Å². The van der Waals surface area contributed by atoms with Crippen LogP contribution in [0.1, 0.15) is 13.3 Å². The molecule has 3 heterocycles. The molecule has 0 spiro atoms. The first-order valence-corrected chi connectivity index (χ1v) is 8.15. The van der Waals surface area contributed by atoms with Crippen LogP contribution in [0.25, 0.3) is 0 Å². The maximum atomic E-state index is 13.3. The van der Waals surface area contributed by atoms with E-state index in [1.165, 1.54) is 6.92 Å². The summed E-state index contributed by atoms with van der Waals surface area (Å²) in [6, 6.07) is 0. The molecule has 5 unspecified atom stereocenters. The van der Waals surface area contributed by atoms with Crippen molar-refractivity contribution in [3.8, 4) is 0 Å². The van der Waals surface area contributed by atoms with E-state index in [4.69, 9.17) is 8.92 Å². The molecule has 0 saturated carbocycles. The summed E-state index contributed by atoms with van der Waals surface area (Å²) in [5.41, 5.74) is -1.08. The van der Waals surface area contributed by atoms with E-state index in [-0.39, 0.29) is 6.42 Å². The number of rotatable bonds is 5. The molecule has 0 radical (unpaired) electrons. The van der Waals surface area contributed by atoms with Gasteiger partial charge in [-0.1, -0.05) is 0 Å². The lowest BCUT2D eigenvalue weighted by molar-refractivity contribution is -0.777. The van der Waals surface area contributed by atoms with Gasteiger partial charge in [0.05, 0.1) is 6.10 Å². The van der Waals surface area contributed by atoms with Gasteiger partial charge in [-0.05, 0) is 6.92 Å². The normalized spacial score (nSPS) is 41.8. The molecule has 126 valence electrons. The van der Waals surface area contributed by atoms with Crippen molar-refractivity contribution in [3.05, 3.63) is 0 Å². The van der Waals surface area contributed by atoms with Gasteiger partial charge in [0.25, 0.3) is 10.1 Å². The maximum absolute atomic E-state index is 13.3. The molecular formula is C9H9F2O9S2-. The summed E-state index contributed by atoms with van der Waals surface area (Å²) < 4.78 is 68.8. The standard InChI is InChI=1S/C9H10F2O9S2/c1-8-2-3-4(5(6(8)16-3)22(14,15)18-8)17-7(12)9(10,11)21-20-19-13/h3-6,13H,2H2,1H3/p-1. The Kier molecular flexibility index (Phi) is 3.67. The third kappa shape index (κ3) is 2.31. The van der Waals surface area contributed by atoms with Crippen LogP contribution < -0.4 is 5.26 Å². The van der Waals surface area contributed by atoms with Crippen LogP contribution >= 0.6 is 12.0 Å². The molecule has 5 atom stereocenters. The first kappa shape index (κ1) is 16.3. The van der Waals surface area contributed by atoms with Crippen LogP contribution in [0.15, 0.2) is 0 Å². The van der Waals surface area contributed by atoms with E-state index in [0.29, 0.717) is 0 Å². The molecule has 22 heavy (non-hydrogen) atoms. The Balaban J connectivity index is 1.76. The minimum atomic E-state index is -4.25. The molecule has 9 nitrogen and oxygen atoms in total. The van der Waals surface area contributed by atoms with Crippen LogP contribution in [0.4, 0.5) is 8.78 Å². The zero-order valence-corrected chi connectivity index (χ0v) is 12.4. The molecule has 3 aliphatic rings. The third-order valence-corrected chi connectivity index (χ3v) is 6.10. The highest BCUT2D eigenvalue weighted by molar-refractivity contribution is 7.96. The SMILES string of the molecule is CC12CC3OC1C(C3OC(=O)C(F)(F)SOO[O-])S(=O)(=O)O2. The van der Waals surface area contributed by atoms with Crippen molar-refractivity contribution in [2.75, 3.05) is 0 Å². The number of fused-ring (bicyclic) bond motifs is 1. The van der Waals surface area contributed by atoms with Gasteiger partial charge in [0.1, 0.15) is 29.9 Å². The maximum Gasteiger partial charge on any atom is 0.415 e. The van der Waals surface area contributed by atoms with Gasteiger partial charge < -0.3 is 14.7 Å². The van der Waals surface area contributed by atoms with Gasteiger partial charge in [0.2, 0.25) is 0 Å². The molecule has 0 N–H and O–H groups in total. The average Bonchev–Trinajstić information content (AvgIpc) is 2.93. The smallest absolute Gasteiger partial charge is 0.415 e. The van der Waals surface area contributed by atoms with Crippen LogP contribution in [0, 0.1) is 0 Å². The van der Waals surface area contributed by atoms with E-state index >= 15 is 0 Å². The largest absolute Gasteiger partial charge is 0.691 e. The molecule has 13 heteroatoms. The van der Waals surface area contributed by atoms with E-state index in [2.05, 4.69) is 14.1 Å². The summed E-state index contributed by atoms with van der Waals surface area (Å²) in [5, 5.41) is 6.64. The van der Waals surface area contributed by atoms with Crippen LogP contribution in [-0.4, -0.2) is 48.8 Å². The van der Waals surface area contributed by atoms with E-state index in [9.17, 15) is 27.3 Å². The van der Waals surface area contributed by atoms with Crippen LogP contribution in [0.2, 0.25) is 0 Å². The second-order valence-electron chi connectivity index (χ2n) is 5.26. The summed E-state index contributed by atoms with van der Waals surface area (Å²) in [6.07, 6.45) is -3.08. The van der Waals surface area contributed by atoms with Crippen molar-refractivity contribution in [3.63, 3.8) is 0 Å². The molecule has 3 saturated heterocycles. The number of hydrogen-bond donors (Lipinski definition) is 0. The highest BCUT2D eigenvalue weighted by Crippen LogP contribution is 2.54. The molecule has 3 aliphatic heterocycles. The Morgan fingerprint density at radius 2 is 2.18 bits per heavy atom. The number of esters is 1. The summed E-state index contributed by atoms with van der Waals surface area (Å²) in [5.74, 6) is -2.07. The average molecular weight is 363 g/mol. The van der Waals surface area contributed by atoms with Gasteiger partial charge in [0, 0.05) is 6.42 Å². The predicted octanol–water partition coefficient (Wildman–Crippen LogP) is -0.979. The molecule has 0 aromatic heterocycles. The Hall–Kier alpha value is -0.570. The number of ether oxygens (including phenoxy) is 2. The lowest BCUT2D eigenvalue weighted by atomic mass is 9.84. The topological polar surface area (TPSA) is 120 Å². The van der Waals surface area contributed by atoms with Crippen molar-refractivity contribution >= 4 is 28.1 Å². The molecular weight excluding hydrogens is 354 g/mol. The monoisotopic (exact) mass is 363 g/mol. The van der Waals surface area contributed by atoms with Crippen LogP contribution in [0.5, 0.6) is 0 Å². The molecule has 3 rings (SSSR count). The Morgan fingerprint density at radius 3 is 2.82 bits per heavy atom. The van der Waals surface area contributed by atoms with Gasteiger partial charge in [-0.3, -0.25) is 9.22 Å². The summed E-state index contributed by atoms with van der Waals surface area (Å²) in [4.78, 5) is 11.4. The van der Waals surface area contributed by atoms with Crippen molar-refractivity contribution < 1.29 is 50.3 Å². The fourth-order valence-corrected chi connectivity index (χ4v) is 5.29. The van der Waals surface area contributed by atoms with Gasteiger partial charge in [-0.25, -0.2) is 4.79 Å². The Labute approximate surface area is 127 Å². The first-order chi connectivity index (χ1) is 10.1. The first-order valence-electron chi connectivity index (χ1n) is 5.94. The van der Waals surface area contributed by atoms with Crippen molar-refractivity contribution in [2.45, 2.75) is 47.8 Å². The molecule has 2 bridgehead atoms. The summed E-state index contributed by atoms with van der Waals surface area (Å²) in [7, 11) is -4.11. The van der Waals surface area contributed by atoms with E-state index in [1.54, 1.807) is 0 Å². The van der Waals surface area contributed by atoms with Gasteiger partial charge in [-0.15, -0.1) is 0 Å². The third-order valence-electron chi connectivity index (χ3n) is 3.81. The lowest BCUT2D eigenvalue weighted by Crippen LogP contribution is -2.48. The molecule has 0 aliphatic carbocycles. The molecule has 3 fully saturated rings. The number of carbonyl (C=O) groups is 1. The second kappa shape index (κ2) is 4.96. The fourth-order valence-electron chi connectivity index (χ4n) is 3.04. The predicted molar refractivity (Wildman–Crippen MR) is 60.1 cm³/mol. The molecule has 0 aromatic carbocycles. The summed E-state index contributed by atoms with van der Waals surface area (Å²) in [6.45, 7) is 1.52. The Morgan fingerprint density at radius 1 is 1.50 bits per heavy atom. The van der Waals surface area contributed by atoms with Crippen LogP contribution in [-0.2, 0) is 37.9 Å². The Bertz CT molecular complexity index is 596. The zero-order chi connectivity index (χ0) is 16.3. The van der Waals surface area contributed by atoms with E-state index in [1.807, 2.05) is 0 Å². The molecule has 0 aromatic rings. The lowest BCUT2D eigenvalue weighted by Gasteiger charge is -2.27. The molecule has 0 amide bonds. The number of halogens is 2. The van der Waals surface area contributed by atoms with Crippen molar-refractivity contribution in [1.29, 1.82) is 0 Å².